The van der Waals surface area contributed by atoms with Gasteiger partial charge in [-0.1, -0.05) is 6.07 Å². The summed E-state index contributed by atoms with van der Waals surface area (Å²) < 4.78 is 37.8. The van der Waals surface area contributed by atoms with Crippen LogP contribution in [-0.2, 0) is 6.18 Å². The van der Waals surface area contributed by atoms with Crippen molar-refractivity contribution in [2.75, 3.05) is 0 Å². The van der Waals surface area contributed by atoms with Crippen molar-refractivity contribution >= 4 is 12.1 Å². The minimum atomic E-state index is -4.63. The Hall–Kier alpha value is -1.65. The maximum absolute atomic E-state index is 12.6. The average molecular weight is 230 g/mol. The lowest BCUT2D eigenvalue weighted by Gasteiger charge is -2.14. The molecule has 2 nitrogen and oxygen atoms in total. The van der Waals surface area contributed by atoms with Crippen LogP contribution in [0.1, 0.15) is 38.8 Å². The maximum Gasteiger partial charge on any atom is 0.417 e. The summed E-state index contributed by atoms with van der Waals surface area (Å²) >= 11 is 0. The van der Waals surface area contributed by atoms with Crippen molar-refractivity contribution in [1.29, 1.82) is 0 Å². The molecular weight excluding hydrogens is 221 g/mol. The van der Waals surface area contributed by atoms with E-state index in [0.717, 1.165) is 13.0 Å². The Bertz CT molecular complexity index is 447. The lowest BCUT2D eigenvalue weighted by molar-refractivity contribution is -0.137. The molecule has 1 aromatic carbocycles. The van der Waals surface area contributed by atoms with E-state index in [1.54, 1.807) is 0 Å². The second-order valence-electron chi connectivity index (χ2n) is 3.39. The molecule has 16 heavy (non-hydrogen) atoms. The maximum atomic E-state index is 12.6. The third-order valence-corrected chi connectivity index (χ3v) is 2.24. The van der Waals surface area contributed by atoms with Crippen LogP contribution in [-0.4, -0.2) is 12.1 Å². The van der Waals surface area contributed by atoms with Crippen molar-refractivity contribution in [2.24, 2.45) is 0 Å². The van der Waals surface area contributed by atoms with Gasteiger partial charge in [0.05, 0.1) is 5.56 Å². The van der Waals surface area contributed by atoms with Crippen LogP contribution in [0.15, 0.2) is 12.1 Å². The molecule has 0 heterocycles. The van der Waals surface area contributed by atoms with Gasteiger partial charge in [0, 0.05) is 11.1 Å². The van der Waals surface area contributed by atoms with E-state index < -0.39 is 23.1 Å². The summed E-state index contributed by atoms with van der Waals surface area (Å²) in [6.07, 6.45) is -4.35. The molecule has 0 saturated heterocycles. The molecule has 0 unspecified atom stereocenters. The molecule has 0 aliphatic rings. The third kappa shape index (κ3) is 2.13. The Morgan fingerprint density at radius 2 is 1.88 bits per heavy atom. The molecule has 0 spiro atoms. The lowest BCUT2D eigenvalue weighted by Crippen LogP contribution is -2.15. The normalized spacial score (nSPS) is 11.3. The molecule has 0 bridgehead atoms. The van der Waals surface area contributed by atoms with Crippen molar-refractivity contribution in [3.8, 4) is 0 Å². The van der Waals surface area contributed by atoms with Gasteiger partial charge in [0.25, 0.3) is 0 Å². The number of carbonyl (C=O) groups excluding carboxylic acids is 2. The average Bonchev–Trinajstić information content (AvgIpc) is 2.14. The van der Waals surface area contributed by atoms with Crippen LogP contribution < -0.4 is 0 Å². The predicted molar refractivity (Wildman–Crippen MR) is 51.6 cm³/mol. The Kier molecular flexibility index (Phi) is 3.16. The number of aldehydes is 1. The molecule has 5 heteroatoms. The molecule has 0 aliphatic carbocycles. The molecule has 0 fully saturated rings. The van der Waals surface area contributed by atoms with E-state index in [0.29, 0.717) is 5.56 Å². The Balaban J connectivity index is 3.65. The first-order chi connectivity index (χ1) is 7.29. The number of rotatable bonds is 2. The van der Waals surface area contributed by atoms with Gasteiger partial charge in [-0.15, -0.1) is 0 Å². The van der Waals surface area contributed by atoms with Gasteiger partial charge in [0.1, 0.15) is 0 Å². The third-order valence-electron chi connectivity index (χ3n) is 2.24. The highest BCUT2D eigenvalue weighted by molar-refractivity contribution is 6.03. The van der Waals surface area contributed by atoms with Crippen LogP contribution in [0.4, 0.5) is 13.2 Å². The number of halogens is 3. The minimum Gasteiger partial charge on any atom is -0.298 e. The van der Waals surface area contributed by atoms with E-state index in [1.807, 2.05) is 0 Å². The zero-order valence-corrected chi connectivity index (χ0v) is 8.68. The van der Waals surface area contributed by atoms with Gasteiger partial charge in [-0.05, 0) is 25.5 Å². The molecule has 1 aromatic rings. The van der Waals surface area contributed by atoms with Crippen LogP contribution in [0.3, 0.4) is 0 Å². The fourth-order valence-electron chi connectivity index (χ4n) is 1.49. The highest BCUT2D eigenvalue weighted by Crippen LogP contribution is 2.34. The first-order valence-corrected chi connectivity index (χ1v) is 4.46. The standard InChI is InChI=1S/C11H9F3O2/c1-6-3-4-9(11(12,13)14)10(7(2)16)8(6)5-15/h3-5H,1-2H3. The molecule has 0 atom stereocenters. The van der Waals surface area contributed by atoms with Gasteiger partial charge in [0.2, 0.25) is 0 Å². The molecule has 0 saturated carbocycles. The Morgan fingerprint density at radius 3 is 2.25 bits per heavy atom. The molecule has 0 radical (unpaired) electrons. The zero-order chi connectivity index (χ0) is 12.5. The summed E-state index contributed by atoms with van der Waals surface area (Å²) in [7, 11) is 0. The number of hydrogen-bond donors (Lipinski definition) is 0. The van der Waals surface area contributed by atoms with E-state index in [9.17, 15) is 22.8 Å². The molecule has 86 valence electrons. The quantitative estimate of drug-likeness (QED) is 0.578. The number of Topliss-reactive ketones (excluding diaryl/α,β-unsaturated/α-hetero) is 1. The minimum absolute atomic E-state index is 0.192. The fourth-order valence-corrected chi connectivity index (χ4v) is 1.49. The first kappa shape index (κ1) is 12.4. The highest BCUT2D eigenvalue weighted by atomic mass is 19.4. The summed E-state index contributed by atoms with van der Waals surface area (Å²) in [6.45, 7) is 2.49. The number of benzene rings is 1. The van der Waals surface area contributed by atoms with Gasteiger partial charge in [-0.3, -0.25) is 9.59 Å². The SMILES string of the molecule is CC(=O)c1c(C(F)(F)F)ccc(C)c1C=O. The number of hydrogen-bond acceptors (Lipinski definition) is 2. The van der Waals surface area contributed by atoms with Crippen molar-refractivity contribution in [3.05, 3.63) is 34.4 Å². The fraction of sp³-hybridized carbons (Fsp3) is 0.273. The van der Waals surface area contributed by atoms with E-state index in [2.05, 4.69) is 0 Å². The smallest absolute Gasteiger partial charge is 0.298 e. The van der Waals surface area contributed by atoms with E-state index in [1.165, 1.54) is 13.0 Å². The van der Waals surface area contributed by atoms with E-state index >= 15 is 0 Å². The van der Waals surface area contributed by atoms with Crippen molar-refractivity contribution in [3.63, 3.8) is 0 Å². The summed E-state index contributed by atoms with van der Waals surface area (Å²) in [6, 6.07) is 2.00. The number of ketones is 1. The van der Waals surface area contributed by atoms with Gasteiger partial charge in [-0.25, -0.2) is 0 Å². The molecular formula is C11H9F3O2. The van der Waals surface area contributed by atoms with Crippen LogP contribution in [0.2, 0.25) is 0 Å². The number of carbonyl (C=O) groups is 2. The monoisotopic (exact) mass is 230 g/mol. The second-order valence-corrected chi connectivity index (χ2v) is 3.39. The number of aryl methyl sites for hydroxylation is 1. The highest BCUT2D eigenvalue weighted by Gasteiger charge is 2.35. The first-order valence-electron chi connectivity index (χ1n) is 4.46. The van der Waals surface area contributed by atoms with E-state index in [-0.39, 0.29) is 11.8 Å². The molecule has 1 rings (SSSR count). The predicted octanol–water partition coefficient (Wildman–Crippen LogP) is 3.03. The van der Waals surface area contributed by atoms with Crippen LogP contribution >= 0.6 is 0 Å². The van der Waals surface area contributed by atoms with Gasteiger partial charge in [-0.2, -0.15) is 13.2 Å². The van der Waals surface area contributed by atoms with Crippen molar-refractivity contribution < 1.29 is 22.8 Å². The zero-order valence-electron chi connectivity index (χ0n) is 8.68. The molecule has 0 aromatic heterocycles. The summed E-state index contributed by atoms with van der Waals surface area (Å²) in [5.74, 6) is -0.766. The number of alkyl halides is 3. The van der Waals surface area contributed by atoms with Crippen LogP contribution in [0.25, 0.3) is 0 Å². The van der Waals surface area contributed by atoms with Gasteiger partial charge >= 0.3 is 6.18 Å². The van der Waals surface area contributed by atoms with Crippen molar-refractivity contribution in [2.45, 2.75) is 20.0 Å². The Morgan fingerprint density at radius 1 is 1.31 bits per heavy atom. The summed E-state index contributed by atoms with van der Waals surface area (Å²) in [4.78, 5) is 21.9. The molecule has 0 amide bonds. The van der Waals surface area contributed by atoms with E-state index in [4.69, 9.17) is 0 Å². The summed E-state index contributed by atoms with van der Waals surface area (Å²) in [5.41, 5.74) is -1.45. The second kappa shape index (κ2) is 4.08. The molecule has 0 aliphatic heterocycles. The topological polar surface area (TPSA) is 34.1 Å². The van der Waals surface area contributed by atoms with Crippen molar-refractivity contribution in [1.82, 2.24) is 0 Å². The Labute approximate surface area is 90.1 Å². The van der Waals surface area contributed by atoms with Crippen LogP contribution in [0, 0.1) is 6.92 Å². The van der Waals surface area contributed by atoms with Gasteiger partial charge in [0.15, 0.2) is 12.1 Å². The lowest BCUT2D eigenvalue weighted by atomic mass is 9.94. The van der Waals surface area contributed by atoms with Crippen LogP contribution in [0.5, 0.6) is 0 Å². The summed E-state index contributed by atoms with van der Waals surface area (Å²) in [5, 5.41) is 0. The van der Waals surface area contributed by atoms with Gasteiger partial charge < -0.3 is 0 Å². The molecule has 0 N–H and O–H groups in total. The largest absolute Gasteiger partial charge is 0.417 e.